The molecule has 2 aromatic heterocycles. The summed E-state index contributed by atoms with van der Waals surface area (Å²) in [5.74, 6) is -0.908. The number of nitriles is 1. The minimum atomic E-state index is -0.447. The van der Waals surface area contributed by atoms with E-state index in [4.69, 9.17) is 11.6 Å². The summed E-state index contributed by atoms with van der Waals surface area (Å²) in [6, 6.07) is 19.7. The number of aromatic hydroxyl groups is 2. The fourth-order valence-electron chi connectivity index (χ4n) is 3.32. The van der Waals surface area contributed by atoms with Crippen molar-refractivity contribution in [1.82, 2.24) is 9.97 Å². The van der Waals surface area contributed by atoms with Gasteiger partial charge in [0.2, 0.25) is 0 Å². The van der Waals surface area contributed by atoms with Gasteiger partial charge in [0.1, 0.15) is 16.7 Å². The van der Waals surface area contributed by atoms with E-state index in [0.29, 0.717) is 16.9 Å². The Morgan fingerprint density at radius 2 is 1.85 bits per heavy atom. The number of pyridine rings is 2. The third-order valence-corrected chi connectivity index (χ3v) is 5.11. The molecule has 0 fully saturated rings. The molecule has 0 bridgehead atoms. The summed E-state index contributed by atoms with van der Waals surface area (Å²) in [5, 5.41) is 29.2. The number of amides is 1. The van der Waals surface area contributed by atoms with Gasteiger partial charge in [0.05, 0.1) is 29.4 Å². The van der Waals surface area contributed by atoms with Crippen LogP contribution in [0.5, 0.6) is 11.5 Å². The van der Waals surface area contributed by atoms with Crippen LogP contribution in [0.1, 0.15) is 21.5 Å². The van der Waals surface area contributed by atoms with E-state index in [0.717, 1.165) is 17.2 Å². The van der Waals surface area contributed by atoms with Crippen molar-refractivity contribution in [1.29, 1.82) is 5.26 Å². The van der Waals surface area contributed by atoms with Crippen LogP contribution in [-0.2, 0) is 6.54 Å². The van der Waals surface area contributed by atoms with E-state index in [1.165, 1.54) is 23.1 Å². The van der Waals surface area contributed by atoms with Crippen LogP contribution in [0.3, 0.4) is 0 Å². The van der Waals surface area contributed by atoms with Gasteiger partial charge in [0.15, 0.2) is 0 Å². The third kappa shape index (κ3) is 4.92. The van der Waals surface area contributed by atoms with Gasteiger partial charge in [-0.3, -0.25) is 9.78 Å². The Kier molecular flexibility index (Phi) is 6.20. The highest BCUT2D eigenvalue weighted by atomic mass is 35.5. The first-order valence-electron chi connectivity index (χ1n) is 9.85. The lowest BCUT2D eigenvalue weighted by Crippen LogP contribution is -2.30. The summed E-state index contributed by atoms with van der Waals surface area (Å²) in [7, 11) is 0. The highest BCUT2D eigenvalue weighted by molar-refractivity contribution is 6.29. The zero-order valence-electron chi connectivity index (χ0n) is 17.2. The van der Waals surface area contributed by atoms with E-state index < -0.39 is 5.91 Å². The fraction of sp³-hybridized carbons (Fsp3) is 0.0400. The molecule has 4 rings (SSSR count). The highest BCUT2D eigenvalue weighted by Gasteiger charge is 2.22. The largest absolute Gasteiger partial charge is 0.508 e. The molecular formula is C25H17ClN4O3. The van der Waals surface area contributed by atoms with E-state index in [1.807, 2.05) is 6.07 Å². The van der Waals surface area contributed by atoms with Crippen molar-refractivity contribution in [3.8, 4) is 28.8 Å². The van der Waals surface area contributed by atoms with Gasteiger partial charge >= 0.3 is 0 Å². The first-order chi connectivity index (χ1) is 15.9. The molecule has 0 saturated carbocycles. The van der Waals surface area contributed by atoms with E-state index in [9.17, 15) is 20.3 Å². The van der Waals surface area contributed by atoms with Crippen molar-refractivity contribution in [3.05, 3.63) is 101 Å². The van der Waals surface area contributed by atoms with Crippen molar-refractivity contribution >= 4 is 23.2 Å². The lowest BCUT2D eigenvalue weighted by atomic mass is 10.1. The van der Waals surface area contributed by atoms with E-state index in [-0.39, 0.29) is 28.8 Å². The molecule has 0 aliphatic carbocycles. The average Bonchev–Trinajstić information content (AvgIpc) is 2.82. The molecule has 2 aromatic carbocycles. The van der Waals surface area contributed by atoms with Gasteiger partial charge in [0.25, 0.3) is 5.91 Å². The number of benzene rings is 2. The summed E-state index contributed by atoms with van der Waals surface area (Å²) in [6.07, 6.45) is 3.30. The molecule has 8 heteroatoms. The van der Waals surface area contributed by atoms with Crippen LogP contribution in [-0.4, -0.2) is 26.1 Å². The Labute approximate surface area is 194 Å². The standard InChI is InChI=1S/C25H17ClN4O3/c26-24-11-17(13-27)10-22(29-24)18-3-5-19(6-4-18)30(15-16-2-1-9-28-14-16)25(33)21-8-7-20(31)12-23(21)32/h1-12,14,31-32H,15H2. The highest BCUT2D eigenvalue weighted by Crippen LogP contribution is 2.29. The number of phenolic OH excluding ortho intramolecular Hbond substituents is 2. The van der Waals surface area contributed by atoms with Gasteiger partial charge < -0.3 is 15.1 Å². The number of rotatable bonds is 5. The molecule has 4 aromatic rings. The third-order valence-electron chi connectivity index (χ3n) is 4.92. The van der Waals surface area contributed by atoms with Crippen molar-refractivity contribution in [3.63, 3.8) is 0 Å². The average molecular weight is 457 g/mol. The number of nitrogens with zero attached hydrogens (tertiary/aromatic N) is 4. The monoisotopic (exact) mass is 456 g/mol. The summed E-state index contributed by atoms with van der Waals surface area (Å²) in [5.41, 5.74) is 3.07. The molecule has 2 heterocycles. The summed E-state index contributed by atoms with van der Waals surface area (Å²) >= 11 is 6.02. The van der Waals surface area contributed by atoms with E-state index >= 15 is 0 Å². The molecule has 7 nitrogen and oxygen atoms in total. The minimum Gasteiger partial charge on any atom is -0.508 e. The molecule has 0 spiro atoms. The van der Waals surface area contributed by atoms with Crippen molar-refractivity contribution in [2.75, 3.05) is 4.90 Å². The second-order valence-corrected chi connectivity index (χ2v) is 7.56. The number of halogens is 1. The number of carbonyl (C=O) groups is 1. The summed E-state index contributed by atoms with van der Waals surface area (Å²) in [4.78, 5) is 23.2. The first-order valence-corrected chi connectivity index (χ1v) is 10.2. The Balaban J connectivity index is 1.72. The molecule has 0 unspecified atom stereocenters. The Morgan fingerprint density at radius 1 is 1.06 bits per heavy atom. The lowest BCUT2D eigenvalue weighted by molar-refractivity contribution is 0.0982. The number of hydrogen-bond donors (Lipinski definition) is 2. The molecule has 33 heavy (non-hydrogen) atoms. The van der Waals surface area contributed by atoms with Crippen LogP contribution in [0.4, 0.5) is 5.69 Å². The van der Waals surface area contributed by atoms with Gasteiger partial charge in [-0.1, -0.05) is 29.8 Å². The van der Waals surface area contributed by atoms with Crippen molar-refractivity contribution in [2.45, 2.75) is 6.54 Å². The maximum atomic E-state index is 13.4. The minimum absolute atomic E-state index is 0.0518. The van der Waals surface area contributed by atoms with Crippen LogP contribution < -0.4 is 4.90 Å². The van der Waals surface area contributed by atoms with Crippen LogP contribution in [0.15, 0.2) is 79.1 Å². The maximum absolute atomic E-state index is 13.4. The van der Waals surface area contributed by atoms with E-state index in [2.05, 4.69) is 16.0 Å². The molecule has 0 radical (unpaired) electrons. The first kappa shape index (κ1) is 21.8. The number of anilines is 1. The van der Waals surface area contributed by atoms with Gasteiger partial charge in [-0.15, -0.1) is 0 Å². The predicted molar refractivity (Wildman–Crippen MR) is 124 cm³/mol. The zero-order chi connectivity index (χ0) is 23.4. The SMILES string of the molecule is N#Cc1cc(Cl)nc(-c2ccc(N(Cc3cccnc3)C(=O)c3ccc(O)cc3O)cc2)c1. The smallest absolute Gasteiger partial charge is 0.262 e. The van der Waals surface area contributed by atoms with Gasteiger partial charge in [0, 0.05) is 29.7 Å². The topological polar surface area (TPSA) is 110 Å². The molecular weight excluding hydrogens is 440 g/mol. The van der Waals surface area contributed by atoms with E-state index in [1.54, 1.807) is 48.8 Å². The molecule has 162 valence electrons. The lowest BCUT2D eigenvalue weighted by Gasteiger charge is -2.24. The summed E-state index contributed by atoms with van der Waals surface area (Å²) in [6.45, 7) is 0.209. The van der Waals surface area contributed by atoms with Crippen molar-refractivity contribution in [2.24, 2.45) is 0 Å². The Bertz CT molecular complexity index is 1350. The number of hydrogen-bond acceptors (Lipinski definition) is 6. The molecule has 0 atom stereocenters. The fourth-order valence-corrected chi connectivity index (χ4v) is 3.53. The number of carbonyl (C=O) groups excluding carboxylic acids is 1. The normalized spacial score (nSPS) is 10.4. The zero-order valence-corrected chi connectivity index (χ0v) is 17.9. The van der Waals surface area contributed by atoms with Crippen LogP contribution in [0.25, 0.3) is 11.3 Å². The van der Waals surface area contributed by atoms with Crippen LogP contribution in [0, 0.1) is 11.3 Å². The van der Waals surface area contributed by atoms with Crippen LogP contribution >= 0.6 is 11.6 Å². The second-order valence-electron chi connectivity index (χ2n) is 7.18. The van der Waals surface area contributed by atoms with Crippen molar-refractivity contribution < 1.29 is 15.0 Å². The van der Waals surface area contributed by atoms with Crippen LogP contribution in [0.2, 0.25) is 5.15 Å². The van der Waals surface area contributed by atoms with Gasteiger partial charge in [-0.2, -0.15) is 5.26 Å². The van der Waals surface area contributed by atoms with Gasteiger partial charge in [-0.25, -0.2) is 4.98 Å². The Hall–Kier alpha value is -4.41. The molecule has 1 amide bonds. The maximum Gasteiger partial charge on any atom is 0.262 e. The summed E-state index contributed by atoms with van der Waals surface area (Å²) < 4.78 is 0. The molecule has 0 aliphatic heterocycles. The molecule has 2 N–H and O–H groups in total. The number of aromatic nitrogens is 2. The molecule has 0 saturated heterocycles. The predicted octanol–water partition coefficient (Wildman–Crippen LogP) is 4.93. The number of phenols is 2. The Morgan fingerprint density at radius 3 is 2.52 bits per heavy atom. The second kappa shape index (κ2) is 9.39. The quantitative estimate of drug-likeness (QED) is 0.412. The van der Waals surface area contributed by atoms with Gasteiger partial charge in [-0.05, 0) is 48.0 Å². The molecule has 0 aliphatic rings.